The maximum Gasteiger partial charge on any atom is 0.0637 e. The van der Waals surface area contributed by atoms with Gasteiger partial charge in [0.1, 0.15) is 0 Å². The van der Waals surface area contributed by atoms with Crippen molar-refractivity contribution in [1.82, 2.24) is 0 Å². The molecule has 0 saturated heterocycles. The van der Waals surface area contributed by atoms with E-state index in [1.165, 1.54) is 0 Å². The Bertz CT molecular complexity index is 301. The van der Waals surface area contributed by atoms with Gasteiger partial charge in [0.2, 0.25) is 0 Å². The van der Waals surface area contributed by atoms with E-state index in [4.69, 9.17) is 10.5 Å². The van der Waals surface area contributed by atoms with Crippen molar-refractivity contribution < 1.29 is 4.74 Å². The van der Waals surface area contributed by atoms with E-state index in [1.807, 2.05) is 19.1 Å². The molecule has 1 aromatic rings. The average Bonchev–Trinajstić information content (AvgIpc) is 2.20. The number of aryl methyl sites for hydroxylation is 1. The summed E-state index contributed by atoms with van der Waals surface area (Å²) in [5, 5.41) is 0. The molecule has 14 heavy (non-hydrogen) atoms. The van der Waals surface area contributed by atoms with Crippen LogP contribution in [0.2, 0.25) is 0 Å². The van der Waals surface area contributed by atoms with E-state index in [-0.39, 0.29) is 6.10 Å². The molecular weight excluding hydrogens is 194 g/mol. The average molecular weight is 211 g/mol. The molecular formula is C11H17NOS. The third-order valence-electron chi connectivity index (χ3n) is 2.16. The van der Waals surface area contributed by atoms with Crippen molar-refractivity contribution in [3.63, 3.8) is 0 Å². The number of para-hydroxylation sites is 1. The molecule has 0 amide bonds. The van der Waals surface area contributed by atoms with Gasteiger partial charge in [-0.3, -0.25) is 0 Å². The Morgan fingerprint density at radius 1 is 1.50 bits per heavy atom. The molecule has 0 aromatic heterocycles. The number of benzene rings is 1. The van der Waals surface area contributed by atoms with Crippen molar-refractivity contribution in [2.24, 2.45) is 0 Å². The summed E-state index contributed by atoms with van der Waals surface area (Å²) in [6.45, 7) is 4.08. The van der Waals surface area contributed by atoms with Crippen molar-refractivity contribution in [3.05, 3.63) is 23.8 Å². The van der Waals surface area contributed by atoms with Crippen LogP contribution in [-0.2, 0) is 4.74 Å². The van der Waals surface area contributed by atoms with Crippen LogP contribution in [0.3, 0.4) is 0 Å². The monoisotopic (exact) mass is 211 g/mol. The van der Waals surface area contributed by atoms with E-state index < -0.39 is 0 Å². The lowest BCUT2D eigenvalue weighted by molar-refractivity contribution is 0.138. The molecule has 2 nitrogen and oxygen atoms in total. The van der Waals surface area contributed by atoms with Gasteiger partial charge in [0.15, 0.2) is 0 Å². The molecule has 3 heteroatoms. The molecule has 1 atom stereocenters. The van der Waals surface area contributed by atoms with E-state index >= 15 is 0 Å². The first-order valence-electron chi connectivity index (χ1n) is 4.66. The fourth-order valence-corrected chi connectivity index (χ4v) is 2.10. The molecule has 0 aliphatic carbocycles. The van der Waals surface area contributed by atoms with Crippen LogP contribution in [0.5, 0.6) is 0 Å². The number of nitrogens with two attached hydrogens (primary N) is 1. The molecule has 0 heterocycles. The molecule has 2 N–H and O–H groups in total. The minimum absolute atomic E-state index is 0.264. The largest absolute Gasteiger partial charge is 0.398 e. The van der Waals surface area contributed by atoms with E-state index in [0.717, 1.165) is 21.9 Å². The zero-order chi connectivity index (χ0) is 10.6. The first-order valence-corrected chi connectivity index (χ1v) is 5.64. The SMILES string of the molecule is COC(C)CSc1cccc(C)c1N. The lowest BCUT2D eigenvalue weighted by atomic mass is 10.2. The van der Waals surface area contributed by atoms with E-state index in [9.17, 15) is 0 Å². The molecule has 1 aromatic carbocycles. The number of ether oxygens (including phenoxy) is 1. The van der Waals surface area contributed by atoms with Crippen molar-refractivity contribution in [3.8, 4) is 0 Å². The molecule has 1 unspecified atom stereocenters. The Morgan fingerprint density at radius 3 is 2.86 bits per heavy atom. The first-order chi connectivity index (χ1) is 6.65. The van der Waals surface area contributed by atoms with Gasteiger partial charge in [-0.1, -0.05) is 12.1 Å². The zero-order valence-corrected chi connectivity index (χ0v) is 9.73. The van der Waals surface area contributed by atoms with Crippen LogP contribution >= 0.6 is 11.8 Å². The number of thioether (sulfide) groups is 1. The molecule has 0 aliphatic rings. The Labute approximate surface area is 89.8 Å². The summed E-state index contributed by atoms with van der Waals surface area (Å²) in [5.41, 5.74) is 7.98. The Kier molecular flexibility index (Phi) is 4.29. The molecule has 0 spiro atoms. The van der Waals surface area contributed by atoms with Crippen molar-refractivity contribution in [1.29, 1.82) is 0 Å². The Morgan fingerprint density at radius 2 is 2.21 bits per heavy atom. The fourth-order valence-electron chi connectivity index (χ4n) is 1.05. The van der Waals surface area contributed by atoms with Crippen LogP contribution in [0.15, 0.2) is 23.1 Å². The molecule has 1 rings (SSSR count). The maximum atomic E-state index is 5.95. The first kappa shape index (κ1) is 11.4. The summed E-state index contributed by atoms with van der Waals surface area (Å²) in [6.07, 6.45) is 0.264. The molecule has 78 valence electrons. The summed E-state index contributed by atoms with van der Waals surface area (Å²) in [4.78, 5) is 1.15. The Hall–Kier alpha value is -0.670. The van der Waals surface area contributed by atoms with E-state index in [2.05, 4.69) is 13.0 Å². The normalized spacial score (nSPS) is 12.8. The third-order valence-corrected chi connectivity index (χ3v) is 3.46. The lowest BCUT2D eigenvalue weighted by Gasteiger charge is -2.11. The number of rotatable bonds is 4. The van der Waals surface area contributed by atoms with Crippen LogP contribution in [0.4, 0.5) is 5.69 Å². The van der Waals surface area contributed by atoms with Gasteiger partial charge < -0.3 is 10.5 Å². The molecule has 0 saturated carbocycles. The number of hydrogen-bond acceptors (Lipinski definition) is 3. The van der Waals surface area contributed by atoms with Crippen molar-refractivity contribution >= 4 is 17.4 Å². The molecule has 0 radical (unpaired) electrons. The van der Waals surface area contributed by atoms with Crippen LogP contribution < -0.4 is 5.73 Å². The van der Waals surface area contributed by atoms with Gasteiger partial charge in [0.25, 0.3) is 0 Å². The van der Waals surface area contributed by atoms with E-state index in [1.54, 1.807) is 18.9 Å². The highest BCUT2D eigenvalue weighted by atomic mass is 32.2. The second-order valence-corrected chi connectivity index (χ2v) is 4.41. The number of methoxy groups -OCH3 is 1. The van der Waals surface area contributed by atoms with Gasteiger partial charge in [-0.2, -0.15) is 0 Å². The molecule has 0 fully saturated rings. The van der Waals surface area contributed by atoms with Gasteiger partial charge in [0.05, 0.1) is 6.10 Å². The van der Waals surface area contributed by atoms with Crippen LogP contribution in [-0.4, -0.2) is 19.0 Å². The summed E-state index contributed by atoms with van der Waals surface area (Å²) < 4.78 is 5.18. The summed E-state index contributed by atoms with van der Waals surface area (Å²) in [7, 11) is 1.73. The molecule has 0 bridgehead atoms. The lowest BCUT2D eigenvalue weighted by Crippen LogP contribution is -2.07. The maximum absolute atomic E-state index is 5.95. The third kappa shape index (κ3) is 2.93. The predicted molar refractivity (Wildman–Crippen MR) is 62.8 cm³/mol. The van der Waals surface area contributed by atoms with E-state index in [0.29, 0.717) is 0 Å². The second-order valence-electron chi connectivity index (χ2n) is 3.34. The van der Waals surface area contributed by atoms with Crippen LogP contribution in [0, 0.1) is 6.92 Å². The molecule has 0 aliphatic heterocycles. The second kappa shape index (κ2) is 5.27. The van der Waals surface area contributed by atoms with Crippen molar-refractivity contribution in [2.75, 3.05) is 18.6 Å². The number of nitrogen functional groups attached to an aromatic ring is 1. The smallest absolute Gasteiger partial charge is 0.0637 e. The highest BCUT2D eigenvalue weighted by Gasteiger charge is 2.05. The quantitative estimate of drug-likeness (QED) is 0.614. The fraction of sp³-hybridized carbons (Fsp3) is 0.455. The van der Waals surface area contributed by atoms with Gasteiger partial charge in [-0.25, -0.2) is 0 Å². The van der Waals surface area contributed by atoms with Gasteiger partial charge in [0, 0.05) is 23.4 Å². The van der Waals surface area contributed by atoms with Gasteiger partial charge in [-0.15, -0.1) is 11.8 Å². The minimum Gasteiger partial charge on any atom is -0.398 e. The summed E-state index contributed by atoms with van der Waals surface area (Å²) >= 11 is 1.74. The van der Waals surface area contributed by atoms with Crippen molar-refractivity contribution in [2.45, 2.75) is 24.8 Å². The number of hydrogen-bond donors (Lipinski definition) is 1. The van der Waals surface area contributed by atoms with Crippen LogP contribution in [0.25, 0.3) is 0 Å². The zero-order valence-electron chi connectivity index (χ0n) is 8.91. The summed E-state index contributed by atoms with van der Waals surface area (Å²) in [5.74, 6) is 0.935. The topological polar surface area (TPSA) is 35.2 Å². The minimum atomic E-state index is 0.264. The van der Waals surface area contributed by atoms with Crippen LogP contribution in [0.1, 0.15) is 12.5 Å². The van der Waals surface area contributed by atoms with Gasteiger partial charge >= 0.3 is 0 Å². The van der Waals surface area contributed by atoms with Gasteiger partial charge in [-0.05, 0) is 25.5 Å². The highest BCUT2D eigenvalue weighted by Crippen LogP contribution is 2.27. The standard InChI is InChI=1S/C11H17NOS/c1-8-5-4-6-10(11(8)12)14-7-9(2)13-3/h4-6,9H,7,12H2,1-3H3. The predicted octanol–water partition coefficient (Wildman–Crippen LogP) is 2.70. The number of anilines is 1. The Balaban J connectivity index is 2.63. The summed E-state index contributed by atoms with van der Waals surface area (Å²) in [6, 6.07) is 6.11. The highest BCUT2D eigenvalue weighted by molar-refractivity contribution is 7.99.